The van der Waals surface area contributed by atoms with Gasteiger partial charge in [0, 0.05) is 4.47 Å². The average molecular weight is 373 g/mol. The second-order valence-electron chi connectivity index (χ2n) is 4.08. The minimum Gasteiger partial charge on any atom is -0.478 e. The first-order valence-electron chi connectivity index (χ1n) is 5.67. The van der Waals surface area contributed by atoms with Gasteiger partial charge < -0.3 is 10.4 Å². The van der Waals surface area contributed by atoms with Gasteiger partial charge in [0.25, 0.3) is 5.91 Å². The van der Waals surface area contributed by atoms with E-state index in [4.69, 9.17) is 16.7 Å². The molecule has 0 aliphatic rings. The Hall–Kier alpha value is -1.92. The molecule has 2 N–H and O–H groups in total. The summed E-state index contributed by atoms with van der Waals surface area (Å²) in [6.07, 6.45) is 0. The van der Waals surface area contributed by atoms with Gasteiger partial charge in [0.2, 0.25) is 0 Å². The lowest BCUT2D eigenvalue weighted by Gasteiger charge is -2.09. The van der Waals surface area contributed by atoms with E-state index in [-0.39, 0.29) is 21.8 Å². The van der Waals surface area contributed by atoms with Gasteiger partial charge in [-0.25, -0.2) is 9.18 Å². The van der Waals surface area contributed by atoms with Gasteiger partial charge in [0.1, 0.15) is 5.82 Å². The first-order chi connectivity index (χ1) is 9.88. The predicted molar refractivity (Wildman–Crippen MR) is 80.5 cm³/mol. The van der Waals surface area contributed by atoms with E-state index in [0.29, 0.717) is 4.47 Å². The Labute approximate surface area is 132 Å². The molecular formula is C14H8BrClFNO3. The lowest BCUT2D eigenvalue weighted by molar-refractivity contribution is 0.0696. The Morgan fingerprint density at radius 2 is 1.90 bits per heavy atom. The molecule has 0 aliphatic carbocycles. The van der Waals surface area contributed by atoms with E-state index in [2.05, 4.69) is 21.2 Å². The Morgan fingerprint density at radius 1 is 1.19 bits per heavy atom. The Kier molecular flexibility index (Phi) is 4.59. The van der Waals surface area contributed by atoms with Crippen molar-refractivity contribution in [1.29, 1.82) is 0 Å². The van der Waals surface area contributed by atoms with Crippen LogP contribution in [0.4, 0.5) is 10.1 Å². The van der Waals surface area contributed by atoms with E-state index in [1.54, 1.807) is 6.07 Å². The summed E-state index contributed by atoms with van der Waals surface area (Å²) in [5, 5.41) is 11.4. The highest BCUT2D eigenvalue weighted by Gasteiger charge is 2.14. The van der Waals surface area contributed by atoms with Crippen LogP contribution in [-0.4, -0.2) is 17.0 Å². The molecule has 1 amide bonds. The number of carboxylic acid groups (broad SMARTS) is 1. The largest absolute Gasteiger partial charge is 0.478 e. The number of aromatic carboxylic acids is 1. The van der Waals surface area contributed by atoms with Crippen molar-refractivity contribution in [3.8, 4) is 0 Å². The number of rotatable bonds is 3. The summed E-state index contributed by atoms with van der Waals surface area (Å²) in [5.41, 5.74) is -0.201. The van der Waals surface area contributed by atoms with Crippen molar-refractivity contribution >= 4 is 45.1 Å². The maximum absolute atomic E-state index is 13.6. The zero-order chi connectivity index (χ0) is 15.6. The highest BCUT2D eigenvalue weighted by molar-refractivity contribution is 9.10. The number of carboxylic acids is 1. The lowest BCUT2D eigenvalue weighted by Crippen LogP contribution is -2.14. The van der Waals surface area contributed by atoms with E-state index in [0.717, 1.165) is 18.2 Å². The van der Waals surface area contributed by atoms with E-state index in [9.17, 15) is 14.0 Å². The number of hydrogen-bond acceptors (Lipinski definition) is 2. The number of carbonyl (C=O) groups excluding carboxylic acids is 1. The van der Waals surface area contributed by atoms with Crippen LogP contribution in [-0.2, 0) is 0 Å². The van der Waals surface area contributed by atoms with E-state index < -0.39 is 17.7 Å². The monoisotopic (exact) mass is 371 g/mol. The van der Waals surface area contributed by atoms with E-state index in [1.165, 1.54) is 12.1 Å². The zero-order valence-corrected chi connectivity index (χ0v) is 12.7. The topological polar surface area (TPSA) is 66.4 Å². The van der Waals surface area contributed by atoms with Crippen LogP contribution in [0.5, 0.6) is 0 Å². The van der Waals surface area contributed by atoms with Gasteiger partial charge in [0.15, 0.2) is 0 Å². The minimum atomic E-state index is -1.22. The van der Waals surface area contributed by atoms with E-state index in [1.807, 2.05) is 0 Å². The molecule has 108 valence electrons. The number of halogens is 3. The summed E-state index contributed by atoms with van der Waals surface area (Å²) in [6.45, 7) is 0. The molecule has 2 rings (SSSR count). The van der Waals surface area contributed by atoms with Crippen molar-refractivity contribution in [3.63, 3.8) is 0 Å². The Morgan fingerprint density at radius 3 is 2.52 bits per heavy atom. The summed E-state index contributed by atoms with van der Waals surface area (Å²) in [6, 6.07) is 7.75. The molecule has 0 heterocycles. The number of anilines is 1. The molecule has 0 atom stereocenters. The number of amides is 1. The van der Waals surface area contributed by atoms with Gasteiger partial charge in [-0.3, -0.25) is 4.79 Å². The van der Waals surface area contributed by atoms with Gasteiger partial charge in [0.05, 0.1) is 21.8 Å². The molecule has 0 unspecified atom stereocenters. The third-order valence-corrected chi connectivity index (χ3v) is 3.44. The van der Waals surface area contributed by atoms with Crippen LogP contribution in [0.1, 0.15) is 20.7 Å². The molecule has 0 fully saturated rings. The fraction of sp³-hybridized carbons (Fsp3) is 0. The van der Waals surface area contributed by atoms with Gasteiger partial charge in [-0.15, -0.1) is 0 Å². The van der Waals surface area contributed by atoms with Gasteiger partial charge in [-0.2, -0.15) is 0 Å². The van der Waals surface area contributed by atoms with Gasteiger partial charge in [-0.1, -0.05) is 27.5 Å². The van der Waals surface area contributed by atoms with Crippen LogP contribution >= 0.6 is 27.5 Å². The standard InChI is InChI=1S/C14H8BrClFNO3/c15-8-2-3-9(10(16)6-8)13(19)18-12-5-7(14(20)21)1-4-11(12)17/h1-6H,(H,18,19)(H,20,21). The third-order valence-electron chi connectivity index (χ3n) is 2.64. The zero-order valence-electron chi connectivity index (χ0n) is 10.4. The first kappa shape index (κ1) is 15.5. The van der Waals surface area contributed by atoms with Crippen molar-refractivity contribution < 1.29 is 19.1 Å². The Bertz CT molecular complexity index is 736. The summed E-state index contributed by atoms with van der Waals surface area (Å²) in [4.78, 5) is 22.9. The first-order valence-corrected chi connectivity index (χ1v) is 6.85. The maximum atomic E-state index is 13.6. The maximum Gasteiger partial charge on any atom is 0.335 e. The molecule has 0 saturated carbocycles. The average Bonchev–Trinajstić information content (AvgIpc) is 2.40. The molecule has 0 spiro atoms. The summed E-state index contributed by atoms with van der Waals surface area (Å²) < 4.78 is 14.3. The van der Waals surface area contributed by atoms with Crippen LogP contribution in [0.2, 0.25) is 5.02 Å². The van der Waals surface area contributed by atoms with Crippen LogP contribution in [0, 0.1) is 5.82 Å². The number of carbonyl (C=O) groups is 2. The summed E-state index contributed by atoms with van der Waals surface area (Å²) in [5.74, 6) is -2.58. The van der Waals surface area contributed by atoms with E-state index >= 15 is 0 Å². The van der Waals surface area contributed by atoms with Crippen molar-refractivity contribution in [2.24, 2.45) is 0 Å². The molecule has 21 heavy (non-hydrogen) atoms. The van der Waals surface area contributed by atoms with Crippen molar-refractivity contribution in [2.75, 3.05) is 5.32 Å². The normalized spacial score (nSPS) is 10.2. The van der Waals surface area contributed by atoms with Gasteiger partial charge >= 0.3 is 5.97 Å². The molecule has 0 aliphatic heterocycles. The quantitative estimate of drug-likeness (QED) is 0.849. The fourth-order valence-electron chi connectivity index (χ4n) is 1.62. The molecule has 0 bridgehead atoms. The van der Waals surface area contributed by atoms with Gasteiger partial charge in [-0.05, 0) is 36.4 Å². The molecule has 2 aromatic rings. The highest BCUT2D eigenvalue weighted by Crippen LogP contribution is 2.23. The Balaban J connectivity index is 2.31. The molecule has 0 aromatic heterocycles. The van der Waals surface area contributed by atoms with Crippen LogP contribution in [0.3, 0.4) is 0 Å². The van der Waals surface area contributed by atoms with Crippen molar-refractivity contribution in [2.45, 2.75) is 0 Å². The lowest BCUT2D eigenvalue weighted by atomic mass is 10.1. The smallest absolute Gasteiger partial charge is 0.335 e. The highest BCUT2D eigenvalue weighted by atomic mass is 79.9. The molecular weight excluding hydrogens is 365 g/mol. The van der Waals surface area contributed by atoms with Crippen molar-refractivity contribution in [3.05, 3.63) is 62.8 Å². The number of hydrogen-bond donors (Lipinski definition) is 2. The molecule has 4 nitrogen and oxygen atoms in total. The van der Waals surface area contributed by atoms with Crippen LogP contribution < -0.4 is 5.32 Å². The summed E-state index contributed by atoms with van der Waals surface area (Å²) >= 11 is 9.14. The number of nitrogens with one attached hydrogen (secondary N) is 1. The SMILES string of the molecule is O=C(O)c1ccc(F)c(NC(=O)c2ccc(Br)cc2Cl)c1. The predicted octanol–water partition coefficient (Wildman–Crippen LogP) is 4.19. The van der Waals surface area contributed by atoms with Crippen LogP contribution in [0.25, 0.3) is 0 Å². The minimum absolute atomic E-state index is 0.131. The van der Waals surface area contributed by atoms with Crippen molar-refractivity contribution in [1.82, 2.24) is 0 Å². The van der Waals surface area contributed by atoms with Crippen LogP contribution in [0.15, 0.2) is 40.9 Å². The fourth-order valence-corrected chi connectivity index (χ4v) is 2.38. The molecule has 0 saturated heterocycles. The molecule has 7 heteroatoms. The second-order valence-corrected chi connectivity index (χ2v) is 5.40. The molecule has 2 aromatic carbocycles. The number of benzene rings is 2. The molecule has 0 radical (unpaired) electrons. The second kappa shape index (κ2) is 6.24. The summed E-state index contributed by atoms with van der Waals surface area (Å²) in [7, 11) is 0. The third kappa shape index (κ3) is 3.59.